The Morgan fingerprint density at radius 2 is 1.65 bits per heavy atom. The highest BCUT2D eigenvalue weighted by Crippen LogP contribution is 2.24. The van der Waals surface area contributed by atoms with E-state index in [1.165, 1.54) is 0 Å². The Balaban J connectivity index is 1.95. The SMILES string of the molecule is S=C1NC(c2ccccc2)=C[C@@H](c2ccc(Cl)cc2)N1. The van der Waals surface area contributed by atoms with Crippen molar-refractivity contribution < 1.29 is 0 Å². The second-order valence-electron chi connectivity index (χ2n) is 4.57. The van der Waals surface area contributed by atoms with Gasteiger partial charge in [0.15, 0.2) is 5.11 Å². The topological polar surface area (TPSA) is 24.1 Å². The van der Waals surface area contributed by atoms with E-state index in [4.69, 9.17) is 23.8 Å². The monoisotopic (exact) mass is 300 g/mol. The van der Waals surface area contributed by atoms with Gasteiger partial charge < -0.3 is 10.6 Å². The minimum atomic E-state index is 0.0521. The molecule has 0 unspecified atom stereocenters. The van der Waals surface area contributed by atoms with Crippen LogP contribution >= 0.6 is 23.8 Å². The van der Waals surface area contributed by atoms with Crippen LogP contribution in [0.2, 0.25) is 5.02 Å². The molecule has 0 bridgehead atoms. The first-order valence-corrected chi connectivity index (χ1v) is 7.11. The lowest BCUT2D eigenvalue weighted by atomic mass is 10.0. The van der Waals surface area contributed by atoms with Crippen molar-refractivity contribution in [1.82, 2.24) is 10.6 Å². The fourth-order valence-corrected chi connectivity index (χ4v) is 2.55. The van der Waals surface area contributed by atoms with Crippen LogP contribution in [0.15, 0.2) is 60.7 Å². The molecule has 0 saturated heterocycles. The molecule has 2 N–H and O–H groups in total. The van der Waals surface area contributed by atoms with Gasteiger partial charge in [0.05, 0.1) is 6.04 Å². The van der Waals surface area contributed by atoms with Gasteiger partial charge in [0.25, 0.3) is 0 Å². The Morgan fingerprint density at radius 1 is 0.950 bits per heavy atom. The smallest absolute Gasteiger partial charge is 0.171 e. The molecule has 2 aromatic rings. The molecule has 2 nitrogen and oxygen atoms in total. The molecule has 0 amide bonds. The summed E-state index contributed by atoms with van der Waals surface area (Å²) in [7, 11) is 0. The zero-order chi connectivity index (χ0) is 13.9. The lowest BCUT2D eigenvalue weighted by molar-refractivity contribution is 0.765. The number of thiocarbonyl (C=S) groups is 1. The Morgan fingerprint density at radius 3 is 2.35 bits per heavy atom. The van der Waals surface area contributed by atoms with Crippen LogP contribution < -0.4 is 10.6 Å². The fraction of sp³-hybridized carbons (Fsp3) is 0.0625. The molecule has 1 aliphatic rings. The number of halogens is 1. The van der Waals surface area contributed by atoms with Crippen molar-refractivity contribution in [2.24, 2.45) is 0 Å². The van der Waals surface area contributed by atoms with Gasteiger partial charge in [-0.05, 0) is 41.6 Å². The van der Waals surface area contributed by atoms with Crippen LogP contribution in [-0.2, 0) is 0 Å². The standard InChI is InChI=1S/C16H13ClN2S/c17-13-8-6-12(7-9-13)15-10-14(18-16(20)19-15)11-4-2-1-3-5-11/h1-10,15H,(H2,18,19,20)/t15-/m0/s1. The van der Waals surface area contributed by atoms with E-state index in [0.717, 1.165) is 21.8 Å². The molecule has 0 saturated carbocycles. The zero-order valence-corrected chi connectivity index (χ0v) is 12.2. The van der Waals surface area contributed by atoms with E-state index in [1.54, 1.807) is 0 Å². The van der Waals surface area contributed by atoms with E-state index in [-0.39, 0.29) is 6.04 Å². The van der Waals surface area contributed by atoms with E-state index in [2.05, 4.69) is 28.8 Å². The summed E-state index contributed by atoms with van der Waals surface area (Å²) < 4.78 is 0. The molecule has 1 atom stereocenters. The summed E-state index contributed by atoms with van der Waals surface area (Å²) in [5.41, 5.74) is 3.27. The van der Waals surface area contributed by atoms with E-state index >= 15 is 0 Å². The zero-order valence-electron chi connectivity index (χ0n) is 10.6. The van der Waals surface area contributed by atoms with Gasteiger partial charge in [-0.1, -0.05) is 54.1 Å². The van der Waals surface area contributed by atoms with Crippen LogP contribution in [0.1, 0.15) is 17.2 Å². The largest absolute Gasteiger partial charge is 0.352 e. The second-order valence-corrected chi connectivity index (χ2v) is 5.42. The van der Waals surface area contributed by atoms with E-state index in [0.29, 0.717) is 5.11 Å². The normalized spacial score (nSPS) is 17.9. The second kappa shape index (κ2) is 5.65. The summed E-state index contributed by atoms with van der Waals surface area (Å²) in [6.45, 7) is 0. The molecule has 0 fully saturated rings. The Labute approximate surface area is 128 Å². The van der Waals surface area contributed by atoms with Crippen LogP contribution in [0.3, 0.4) is 0 Å². The van der Waals surface area contributed by atoms with Crippen molar-refractivity contribution in [3.8, 4) is 0 Å². The van der Waals surface area contributed by atoms with E-state index < -0.39 is 0 Å². The first-order chi connectivity index (χ1) is 9.72. The van der Waals surface area contributed by atoms with Gasteiger partial charge >= 0.3 is 0 Å². The molecular formula is C16H13ClN2S. The van der Waals surface area contributed by atoms with Gasteiger partial charge in [0.2, 0.25) is 0 Å². The summed E-state index contributed by atoms with van der Waals surface area (Å²) in [5, 5.41) is 7.82. The van der Waals surface area contributed by atoms with Crippen LogP contribution in [-0.4, -0.2) is 5.11 Å². The van der Waals surface area contributed by atoms with Gasteiger partial charge in [0.1, 0.15) is 0 Å². The number of nitrogens with one attached hydrogen (secondary N) is 2. The summed E-state index contributed by atoms with van der Waals surface area (Å²) in [6, 6.07) is 18.0. The van der Waals surface area contributed by atoms with Crippen LogP contribution in [0.4, 0.5) is 0 Å². The maximum Gasteiger partial charge on any atom is 0.171 e. The third-order valence-electron chi connectivity index (χ3n) is 3.18. The average Bonchev–Trinajstić information content (AvgIpc) is 2.48. The lowest BCUT2D eigenvalue weighted by Crippen LogP contribution is -2.40. The lowest BCUT2D eigenvalue weighted by Gasteiger charge is -2.26. The van der Waals surface area contributed by atoms with Crippen molar-refractivity contribution >= 4 is 34.6 Å². The molecule has 0 aromatic heterocycles. The summed E-state index contributed by atoms with van der Waals surface area (Å²) >= 11 is 11.2. The van der Waals surface area contributed by atoms with Crippen molar-refractivity contribution in [2.75, 3.05) is 0 Å². The molecule has 100 valence electrons. The molecule has 3 rings (SSSR count). The third-order valence-corrected chi connectivity index (χ3v) is 3.65. The van der Waals surface area contributed by atoms with E-state index in [1.807, 2.05) is 42.5 Å². The van der Waals surface area contributed by atoms with Crippen molar-refractivity contribution in [3.63, 3.8) is 0 Å². The minimum Gasteiger partial charge on any atom is -0.352 e. The molecule has 0 spiro atoms. The summed E-state index contributed by atoms with van der Waals surface area (Å²) in [4.78, 5) is 0. The average molecular weight is 301 g/mol. The predicted molar refractivity (Wildman–Crippen MR) is 87.5 cm³/mol. The van der Waals surface area contributed by atoms with Crippen molar-refractivity contribution in [3.05, 3.63) is 76.8 Å². The summed E-state index contributed by atoms with van der Waals surface area (Å²) in [6.07, 6.45) is 2.13. The van der Waals surface area contributed by atoms with Gasteiger partial charge in [0, 0.05) is 10.7 Å². The highest BCUT2D eigenvalue weighted by atomic mass is 35.5. The first kappa shape index (κ1) is 13.2. The van der Waals surface area contributed by atoms with Crippen LogP contribution in [0.5, 0.6) is 0 Å². The predicted octanol–water partition coefficient (Wildman–Crippen LogP) is 3.90. The number of benzene rings is 2. The van der Waals surface area contributed by atoms with Crippen molar-refractivity contribution in [1.29, 1.82) is 0 Å². The third kappa shape index (κ3) is 2.84. The molecule has 20 heavy (non-hydrogen) atoms. The maximum absolute atomic E-state index is 5.93. The molecule has 4 heteroatoms. The highest BCUT2D eigenvalue weighted by molar-refractivity contribution is 7.80. The molecule has 0 aliphatic carbocycles. The van der Waals surface area contributed by atoms with Crippen LogP contribution in [0, 0.1) is 0 Å². The molecule has 1 heterocycles. The first-order valence-electron chi connectivity index (χ1n) is 6.32. The molecular weight excluding hydrogens is 288 g/mol. The van der Waals surface area contributed by atoms with Gasteiger partial charge in [-0.15, -0.1) is 0 Å². The Kier molecular flexibility index (Phi) is 3.72. The van der Waals surface area contributed by atoms with Crippen molar-refractivity contribution in [2.45, 2.75) is 6.04 Å². The Hall–Kier alpha value is -1.84. The Bertz CT molecular complexity index is 650. The molecule has 0 radical (unpaired) electrons. The van der Waals surface area contributed by atoms with Crippen LogP contribution in [0.25, 0.3) is 5.70 Å². The minimum absolute atomic E-state index is 0.0521. The fourth-order valence-electron chi connectivity index (χ4n) is 2.19. The molecule has 2 aromatic carbocycles. The van der Waals surface area contributed by atoms with Gasteiger partial charge in [-0.3, -0.25) is 0 Å². The molecule has 1 aliphatic heterocycles. The maximum atomic E-state index is 5.93. The quantitative estimate of drug-likeness (QED) is 0.823. The number of hydrogen-bond donors (Lipinski definition) is 2. The highest BCUT2D eigenvalue weighted by Gasteiger charge is 2.18. The van der Waals surface area contributed by atoms with E-state index in [9.17, 15) is 0 Å². The number of hydrogen-bond acceptors (Lipinski definition) is 1. The number of rotatable bonds is 2. The summed E-state index contributed by atoms with van der Waals surface area (Å²) in [5.74, 6) is 0. The van der Waals surface area contributed by atoms with Gasteiger partial charge in [-0.25, -0.2) is 0 Å². The van der Waals surface area contributed by atoms with Gasteiger partial charge in [-0.2, -0.15) is 0 Å².